The van der Waals surface area contributed by atoms with Crippen molar-refractivity contribution in [2.45, 2.75) is 37.6 Å². The van der Waals surface area contributed by atoms with Gasteiger partial charge in [0.15, 0.2) is 0 Å². The molecular formula is C12H19N3O4S. The topological polar surface area (TPSA) is 107 Å². The quantitative estimate of drug-likeness (QED) is 0.491. The number of sulfonamides is 1. The van der Waals surface area contributed by atoms with Crippen LogP contribution in [0.2, 0.25) is 0 Å². The van der Waals surface area contributed by atoms with Crippen molar-refractivity contribution in [3.63, 3.8) is 0 Å². The predicted molar refractivity (Wildman–Crippen MR) is 76.8 cm³/mol. The first-order valence-electron chi connectivity index (χ1n) is 6.27. The number of hydrogen-bond donors (Lipinski definition) is 1. The lowest BCUT2D eigenvalue weighted by Crippen LogP contribution is -2.36. The lowest BCUT2D eigenvalue weighted by molar-refractivity contribution is -0.384. The summed E-state index contributed by atoms with van der Waals surface area (Å²) in [6.45, 7) is 3.80. The highest BCUT2D eigenvalue weighted by Gasteiger charge is 2.28. The number of nitro groups is 1. The van der Waals surface area contributed by atoms with Gasteiger partial charge in [0.1, 0.15) is 4.90 Å². The molecule has 0 unspecified atom stereocenters. The number of rotatable bonds is 6. The van der Waals surface area contributed by atoms with E-state index in [0.29, 0.717) is 12.8 Å². The third kappa shape index (κ3) is 3.07. The Hall–Kier alpha value is -1.67. The lowest BCUT2D eigenvalue weighted by atomic mass is 10.2. The summed E-state index contributed by atoms with van der Waals surface area (Å²) >= 11 is 0. The van der Waals surface area contributed by atoms with Crippen molar-refractivity contribution < 1.29 is 13.3 Å². The maximum absolute atomic E-state index is 12.5. The Morgan fingerprint density at radius 2 is 1.90 bits per heavy atom. The highest BCUT2D eigenvalue weighted by Crippen LogP contribution is 2.27. The van der Waals surface area contributed by atoms with Crippen molar-refractivity contribution in [1.82, 2.24) is 4.31 Å². The molecular weight excluding hydrogens is 282 g/mol. The van der Waals surface area contributed by atoms with Gasteiger partial charge in [0.2, 0.25) is 10.0 Å². The van der Waals surface area contributed by atoms with Gasteiger partial charge < -0.3 is 5.73 Å². The van der Waals surface area contributed by atoms with Crippen molar-refractivity contribution in [2.75, 3.05) is 12.8 Å². The summed E-state index contributed by atoms with van der Waals surface area (Å²) in [5.74, 6) is 0. The maximum atomic E-state index is 12.5. The molecule has 2 N–H and O–H groups in total. The average Bonchev–Trinajstić information content (AvgIpc) is 2.39. The fraction of sp³-hybridized carbons (Fsp3) is 0.500. The molecule has 0 heterocycles. The zero-order valence-corrected chi connectivity index (χ0v) is 12.6. The Morgan fingerprint density at radius 1 is 1.35 bits per heavy atom. The second kappa shape index (κ2) is 6.19. The number of non-ortho nitro benzene ring substituents is 1. The van der Waals surface area contributed by atoms with Gasteiger partial charge in [-0.3, -0.25) is 10.1 Å². The number of nitrogens with zero attached hydrogens (tertiary/aromatic N) is 2. The van der Waals surface area contributed by atoms with Gasteiger partial charge in [0, 0.05) is 25.2 Å². The molecule has 0 radical (unpaired) electrons. The van der Waals surface area contributed by atoms with E-state index in [-0.39, 0.29) is 22.3 Å². The Labute approximate surface area is 118 Å². The molecule has 0 fully saturated rings. The fourth-order valence-electron chi connectivity index (χ4n) is 2.04. The Kier molecular flexibility index (Phi) is 5.07. The molecule has 1 aromatic carbocycles. The SMILES string of the molecule is CCC(CC)N(C)S(=O)(=O)c1ccc([N+](=O)[O-])cc1N. The van der Waals surface area contributed by atoms with Crippen molar-refractivity contribution in [1.29, 1.82) is 0 Å². The number of benzene rings is 1. The first-order chi connectivity index (χ1) is 9.25. The first kappa shape index (κ1) is 16.4. The van der Waals surface area contributed by atoms with Gasteiger partial charge in [-0.1, -0.05) is 13.8 Å². The molecule has 1 rings (SSSR count). The van der Waals surface area contributed by atoms with Crippen molar-refractivity contribution >= 4 is 21.4 Å². The summed E-state index contributed by atoms with van der Waals surface area (Å²) in [6, 6.07) is 3.26. The van der Waals surface area contributed by atoms with Crippen LogP contribution in [0.15, 0.2) is 23.1 Å². The summed E-state index contributed by atoms with van der Waals surface area (Å²) in [6.07, 6.45) is 1.36. The van der Waals surface area contributed by atoms with Gasteiger partial charge >= 0.3 is 0 Å². The fourth-order valence-corrected chi connectivity index (χ4v) is 3.64. The molecule has 0 bridgehead atoms. The van der Waals surface area contributed by atoms with Gasteiger partial charge in [-0.05, 0) is 18.9 Å². The van der Waals surface area contributed by atoms with E-state index in [0.717, 1.165) is 12.1 Å². The van der Waals surface area contributed by atoms with Gasteiger partial charge in [0.05, 0.1) is 10.6 Å². The van der Waals surface area contributed by atoms with E-state index in [1.165, 1.54) is 17.4 Å². The second-order valence-corrected chi connectivity index (χ2v) is 6.44. The van der Waals surface area contributed by atoms with E-state index in [4.69, 9.17) is 5.73 Å². The minimum atomic E-state index is -3.75. The van der Waals surface area contributed by atoms with E-state index in [2.05, 4.69) is 0 Å². The third-order valence-corrected chi connectivity index (χ3v) is 5.30. The second-order valence-electron chi connectivity index (χ2n) is 4.47. The Balaban J connectivity index is 3.26. The number of nitro benzene ring substituents is 1. The van der Waals surface area contributed by atoms with Gasteiger partial charge in [0.25, 0.3) is 5.69 Å². The number of nitrogens with two attached hydrogens (primary N) is 1. The molecule has 112 valence electrons. The molecule has 0 aliphatic carbocycles. The highest BCUT2D eigenvalue weighted by atomic mass is 32.2. The van der Waals surface area contributed by atoms with E-state index >= 15 is 0 Å². The number of nitrogen functional groups attached to an aromatic ring is 1. The van der Waals surface area contributed by atoms with Crippen LogP contribution in [-0.4, -0.2) is 30.7 Å². The highest BCUT2D eigenvalue weighted by molar-refractivity contribution is 7.89. The Bertz CT molecular complexity index is 597. The lowest BCUT2D eigenvalue weighted by Gasteiger charge is -2.25. The van der Waals surface area contributed by atoms with E-state index < -0.39 is 14.9 Å². The molecule has 0 aliphatic rings. The molecule has 0 saturated heterocycles. The van der Waals surface area contributed by atoms with Crippen LogP contribution in [0.3, 0.4) is 0 Å². The minimum Gasteiger partial charge on any atom is -0.397 e. The van der Waals surface area contributed by atoms with Crippen molar-refractivity contribution in [3.05, 3.63) is 28.3 Å². The smallest absolute Gasteiger partial charge is 0.271 e. The zero-order chi connectivity index (χ0) is 15.5. The Morgan fingerprint density at radius 3 is 2.30 bits per heavy atom. The third-order valence-electron chi connectivity index (χ3n) is 3.32. The van der Waals surface area contributed by atoms with Gasteiger partial charge in [-0.25, -0.2) is 8.42 Å². The first-order valence-corrected chi connectivity index (χ1v) is 7.71. The van der Waals surface area contributed by atoms with Crippen LogP contribution in [0.4, 0.5) is 11.4 Å². The van der Waals surface area contributed by atoms with E-state index in [1.54, 1.807) is 0 Å². The summed E-state index contributed by atoms with van der Waals surface area (Å²) in [5, 5.41) is 10.6. The molecule has 0 saturated carbocycles. The zero-order valence-electron chi connectivity index (χ0n) is 11.7. The van der Waals surface area contributed by atoms with E-state index in [1.807, 2.05) is 13.8 Å². The molecule has 0 atom stereocenters. The van der Waals surface area contributed by atoms with Crippen molar-refractivity contribution in [2.24, 2.45) is 0 Å². The molecule has 8 heteroatoms. The molecule has 0 spiro atoms. The summed E-state index contributed by atoms with van der Waals surface area (Å²) in [4.78, 5) is 9.93. The number of anilines is 1. The summed E-state index contributed by atoms with van der Waals surface area (Å²) in [5.41, 5.74) is 5.31. The molecule has 1 aromatic rings. The molecule has 0 amide bonds. The predicted octanol–water partition coefficient (Wildman–Crippen LogP) is 1.99. The standard InChI is InChI=1S/C12H19N3O4S/c1-4-9(5-2)14(3)20(18,19)12-7-6-10(15(16)17)8-11(12)13/h6-9H,4-5,13H2,1-3H3. The van der Waals surface area contributed by atoms with E-state index in [9.17, 15) is 18.5 Å². The normalized spacial score (nSPS) is 12.1. The summed E-state index contributed by atoms with van der Waals surface area (Å²) in [7, 11) is -2.26. The minimum absolute atomic E-state index is 0.0995. The van der Waals surface area contributed by atoms with Crippen LogP contribution in [0, 0.1) is 10.1 Å². The van der Waals surface area contributed by atoms with Gasteiger partial charge in [-0.15, -0.1) is 0 Å². The summed E-state index contributed by atoms with van der Waals surface area (Å²) < 4.78 is 26.2. The van der Waals surface area contributed by atoms with Crippen LogP contribution in [0.5, 0.6) is 0 Å². The van der Waals surface area contributed by atoms with Crippen LogP contribution in [-0.2, 0) is 10.0 Å². The monoisotopic (exact) mass is 301 g/mol. The molecule has 7 nitrogen and oxygen atoms in total. The van der Waals surface area contributed by atoms with Crippen molar-refractivity contribution in [3.8, 4) is 0 Å². The molecule has 0 aliphatic heterocycles. The van der Waals surface area contributed by atoms with Crippen LogP contribution in [0.25, 0.3) is 0 Å². The van der Waals surface area contributed by atoms with Gasteiger partial charge in [-0.2, -0.15) is 4.31 Å². The maximum Gasteiger partial charge on any atom is 0.271 e. The van der Waals surface area contributed by atoms with Crippen LogP contribution < -0.4 is 5.73 Å². The average molecular weight is 301 g/mol. The van der Waals surface area contributed by atoms with Crippen LogP contribution >= 0.6 is 0 Å². The molecule has 0 aromatic heterocycles. The molecule has 20 heavy (non-hydrogen) atoms. The van der Waals surface area contributed by atoms with Crippen LogP contribution in [0.1, 0.15) is 26.7 Å². The largest absolute Gasteiger partial charge is 0.397 e. The number of hydrogen-bond acceptors (Lipinski definition) is 5.